The Morgan fingerprint density at radius 2 is 1.94 bits per heavy atom. The van der Waals surface area contributed by atoms with Crippen molar-refractivity contribution < 1.29 is 14.1 Å². The summed E-state index contributed by atoms with van der Waals surface area (Å²) in [6, 6.07) is 10.7. The minimum absolute atomic E-state index is 0.0447. The zero-order valence-electron chi connectivity index (χ0n) is 16.8. The molecule has 4 rings (SSSR count). The number of aromatic nitrogens is 3. The highest BCUT2D eigenvalue weighted by Gasteiger charge is 2.24. The molecule has 8 nitrogen and oxygen atoms in total. The zero-order valence-corrected chi connectivity index (χ0v) is 17.6. The molecule has 1 aliphatic rings. The number of hydrogen-bond acceptors (Lipinski definition) is 6. The van der Waals surface area contributed by atoms with Gasteiger partial charge in [-0.05, 0) is 49.2 Å². The van der Waals surface area contributed by atoms with E-state index in [1.165, 1.54) is 0 Å². The van der Waals surface area contributed by atoms with Crippen LogP contribution in [0.15, 0.2) is 53.3 Å². The first-order valence-electron chi connectivity index (χ1n) is 10.2. The lowest BCUT2D eigenvalue weighted by molar-refractivity contribution is -0.132. The van der Waals surface area contributed by atoms with Gasteiger partial charge in [0.1, 0.15) is 0 Å². The molecule has 2 aromatic heterocycles. The third-order valence-electron chi connectivity index (χ3n) is 5.23. The van der Waals surface area contributed by atoms with Gasteiger partial charge in [-0.2, -0.15) is 4.98 Å². The van der Waals surface area contributed by atoms with Crippen molar-refractivity contribution in [2.24, 2.45) is 0 Å². The van der Waals surface area contributed by atoms with Crippen LogP contribution in [0.1, 0.15) is 35.5 Å². The lowest BCUT2D eigenvalue weighted by Gasteiger charge is -2.32. The first kappa shape index (κ1) is 21.0. The first-order valence-corrected chi connectivity index (χ1v) is 10.5. The standard InChI is InChI=1S/C22H22ClN5O3/c23-17-5-3-15(4-6-17)21-26-19(31-27-21)7-8-20(29)28-12-9-18(10-13-28)25-22(30)16-2-1-11-24-14-16/h1-6,11,14,18H,7-10,12-13H2,(H,25,30). The van der Waals surface area contributed by atoms with E-state index in [0.717, 1.165) is 18.4 Å². The molecule has 9 heteroatoms. The molecule has 0 saturated carbocycles. The lowest BCUT2D eigenvalue weighted by atomic mass is 10.0. The first-order chi connectivity index (χ1) is 15.1. The number of carbonyl (C=O) groups is 2. The Kier molecular flexibility index (Phi) is 6.57. The van der Waals surface area contributed by atoms with Gasteiger partial charge in [0.15, 0.2) is 0 Å². The molecule has 2 amide bonds. The maximum atomic E-state index is 12.6. The van der Waals surface area contributed by atoms with E-state index in [-0.39, 0.29) is 17.9 Å². The molecule has 1 fully saturated rings. The summed E-state index contributed by atoms with van der Waals surface area (Å²) < 4.78 is 5.27. The molecule has 1 aliphatic heterocycles. The molecule has 0 unspecified atom stereocenters. The molecule has 1 aromatic carbocycles. The number of pyridine rings is 1. The van der Waals surface area contributed by atoms with Crippen LogP contribution in [0, 0.1) is 0 Å². The highest BCUT2D eigenvalue weighted by molar-refractivity contribution is 6.30. The van der Waals surface area contributed by atoms with Crippen molar-refractivity contribution in [1.29, 1.82) is 0 Å². The smallest absolute Gasteiger partial charge is 0.253 e. The summed E-state index contributed by atoms with van der Waals surface area (Å²) in [7, 11) is 0. The van der Waals surface area contributed by atoms with Crippen LogP contribution in [-0.2, 0) is 11.2 Å². The zero-order chi connectivity index (χ0) is 21.6. The lowest BCUT2D eigenvalue weighted by Crippen LogP contribution is -2.46. The van der Waals surface area contributed by atoms with Crippen LogP contribution in [0.4, 0.5) is 0 Å². The molecule has 3 heterocycles. The number of halogens is 1. The Morgan fingerprint density at radius 1 is 1.16 bits per heavy atom. The SMILES string of the molecule is O=C(NC1CCN(C(=O)CCc2nc(-c3ccc(Cl)cc3)no2)CC1)c1cccnc1. The minimum atomic E-state index is -0.134. The molecule has 1 N–H and O–H groups in total. The molecule has 0 spiro atoms. The second-order valence-electron chi connectivity index (χ2n) is 7.39. The number of aryl methyl sites for hydroxylation is 1. The minimum Gasteiger partial charge on any atom is -0.349 e. The van der Waals surface area contributed by atoms with E-state index in [2.05, 4.69) is 20.4 Å². The molecule has 0 atom stereocenters. The van der Waals surface area contributed by atoms with Crippen LogP contribution in [-0.4, -0.2) is 51.0 Å². The fourth-order valence-corrected chi connectivity index (χ4v) is 3.61. The number of nitrogens with zero attached hydrogens (tertiary/aromatic N) is 4. The molecule has 31 heavy (non-hydrogen) atoms. The molecule has 160 valence electrons. The van der Waals surface area contributed by atoms with Crippen molar-refractivity contribution in [2.75, 3.05) is 13.1 Å². The largest absolute Gasteiger partial charge is 0.349 e. The summed E-state index contributed by atoms with van der Waals surface area (Å²) in [5.74, 6) is 0.815. The quantitative estimate of drug-likeness (QED) is 0.633. The fraction of sp³-hybridized carbons (Fsp3) is 0.318. The van der Waals surface area contributed by atoms with Crippen LogP contribution in [0.25, 0.3) is 11.4 Å². The van der Waals surface area contributed by atoms with Crippen molar-refractivity contribution in [3.05, 3.63) is 65.3 Å². The Balaban J connectivity index is 1.22. The predicted molar refractivity (Wildman–Crippen MR) is 114 cm³/mol. The number of likely N-dealkylation sites (tertiary alicyclic amines) is 1. The Bertz CT molecular complexity index is 1030. The van der Waals surface area contributed by atoms with Crippen molar-refractivity contribution in [3.8, 4) is 11.4 Å². The molecule has 0 aliphatic carbocycles. The van der Waals surface area contributed by atoms with Crippen LogP contribution < -0.4 is 5.32 Å². The molecule has 3 aromatic rings. The van der Waals surface area contributed by atoms with Gasteiger partial charge in [-0.1, -0.05) is 16.8 Å². The number of benzene rings is 1. The maximum absolute atomic E-state index is 12.6. The monoisotopic (exact) mass is 439 g/mol. The molecule has 0 radical (unpaired) electrons. The fourth-order valence-electron chi connectivity index (χ4n) is 3.48. The van der Waals surface area contributed by atoms with Crippen molar-refractivity contribution in [2.45, 2.75) is 31.7 Å². The number of amides is 2. The molecular formula is C22H22ClN5O3. The second-order valence-corrected chi connectivity index (χ2v) is 7.83. The summed E-state index contributed by atoms with van der Waals surface area (Å²) in [4.78, 5) is 35.0. The van der Waals surface area contributed by atoms with Gasteiger partial charge in [-0.25, -0.2) is 0 Å². The third kappa shape index (κ3) is 5.46. The van der Waals surface area contributed by atoms with Gasteiger partial charge in [-0.15, -0.1) is 0 Å². The number of carbonyl (C=O) groups excluding carboxylic acids is 2. The van der Waals surface area contributed by atoms with Crippen molar-refractivity contribution in [3.63, 3.8) is 0 Å². The summed E-state index contributed by atoms with van der Waals surface area (Å²) >= 11 is 5.89. The Hall–Kier alpha value is -3.26. The van der Waals surface area contributed by atoms with E-state index in [0.29, 0.717) is 48.2 Å². The summed E-state index contributed by atoms with van der Waals surface area (Å²) in [5.41, 5.74) is 1.35. The van der Waals surface area contributed by atoms with Crippen molar-refractivity contribution >= 4 is 23.4 Å². The van der Waals surface area contributed by atoms with E-state index in [1.807, 2.05) is 17.0 Å². The Morgan fingerprint density at radius 3 is 2.65 bits per heavy atom. The van der Waals surface area contributed by atoms with Crippen LogP contribution in [0.2, 0.25) is 5.02 Å². The van der Waals surface area contributed by atoms with E-state index < -0.39 is 0 Å². The summed E-state index contributed by atoms with van der Waals surface area (Å²) in [6.45, 7) is 1.22. The van der Waals surface area contributed by atoms with Crippen LogP contribution >= 0.6 is 11.6 Å². The van der Waals surface area contributed by atoms with Gasteiger partial charge in [0.25, 0.3) is 5.91 Å². The molecule has 0 bridgehead atoms. The predicted octanol–water partition coefficient (Wildman–Crippen LogP) is 3.14. The third-order valence-corrected chi connectivity index (χ3v) is 5.48. The topological polar surface area (TPSA) is 101 Å². The van der Waals surface area contributed by atoms with E-state index in [4.69, 9.17) is 16.1 Å². The van der Waals surface area contributed by atoms with E-state index in [1.54, 1.807) is 36.7 Å². The number of rotatable bonds is 6. The van der Waals surface area contributed by atoms with E-state index >= 15 is 0 Å². The summed E-state index contributed by atoms with van der Waals surface area (Å²) in [6.07, 6.45) is 5.31. The summed E-state index contributed by atoms with van der Waals surface area (Å²) in [5, 5.41) is 7.62. The normalized spacial score (nSPS) is 14.4. The highest BCUT2D eigenvalue weighted by Crippen LogP contribution is 2.19. The van der Waals surface area contributed by atoms with Gasteiger partial charge in [-0.3, -0.25) is 14.6 Å². The maximum Gasteiger partial charge on any atom is 0.253 e. The van der Waals surface area contributed by atoms with Gasteiger partial charge < -0.3 is 14.7 Å². The van der Waals surface area contributed by atoms with E-state index in [9.17, 15) is 9.59 Å². The average Bonchev–Trinajstić information content (AvgIpc) is 3.28. The Labute approximate surface area is 184 Å². The number of hydrogen-bond donors (Lipinski definition) is 1. The van der Waals surface area contributed by atoms with Gasteiger partial charge in [0.05, 0.1) is 5.56 Å². The molecular weight excluding hydrogens is 418 g/mol. The van der Waals surface area contributed by atoms with Crippen molar-refractivity contribution in [1.82, 2.24) is 25.3 Å². The molecule has 1 saturated heterocycles. The number of nitrogens with one attached hydrogen (secondary N) is 1. The van der Waals surface area contributed by atoms with Gasteiger partial charge in [0.2, 0.25) is 17.6 Å². The van der Waals surface area contributed by atoms with Gasteiger partial charge >= 0.3 is 0 Å². The van der Waals surface area contributed by atoms with Crippen LogP contribution in [0.3, 0.4) is 0 Å². The average molecular weight is 440 g/mol. The number of piperidine rings is 1. The van der Waals surface area contributed by atoms with Gasteiger partial charge in [0, 0.05) is 55.0 Å². The second kappa shape index (κ2) is 9.70. The highest BCUT2D eigenvalue weighted by atomic mass is 35.5. The van der Waals surface area contributed by atoms with Crippen LogP contribution in [0.5, 0.6) is 0 Å².